The Balaban J connectivity index is 3.14. The van der Waals surface area contributed by atoms with E-state index in [-0.39, 0.29) is 0 Å². The predicted molar refractivity (Wildman–Crippen MR) is 83.2 cm³/mol. The highest BCUT2D eigenvalue weighted by Gasteiger charge is 2.38. The molecule has 4 nitrogen and oxygen atoms in total. The van der Waals surface area contributed by atoms with Crippen molar-refractivity contribution in [2.75, 3.05) is 28.3 Å². The van der Waals surface area contributed by atoms with Crippen molar-refractivity contribution >= 4 is 24.2 Å². The van der Waals surface area contributed by atoms with Crippen LogP contribution in [0.5, 0.6) is 0 Å². The molecule has 1 aromatic carbocycles. The Kier molecular flexibility index (Phi) is 6.44. The third kappa shape index (κ3) is 4.18. The number of hydrogen-bond donors (Lipinski definition) is 1. The van der Waals surface area contributed by atoms with Gasteiger partial charge in [0.25, 0.3) is 0 Å². The van der Waals surface area contributed by atoms with Gasteiger partial charge >= 0.3 is 7.60 Å². The third-order valence-electron chi connectivity index (χ3n) is 3.07. The maximum Gasteiger partial charge on any atom is 0.391 e. The van der Waals surface area contributed by atoms with Crippen molar-refractivity contribution in [2.24, 2.45) is 0 Å². The van der Waals surface area contributed by atoms with E-state index in [4.69, 9.17) is 20.6 Å². The largest absolute Gasteiger partial charge is 0.391 e. The van der Waals surface area contributed by atoms with Gasteiger partial charge in [0.2, 0.25) is 5.78 Å². The zero-order chi connectivity index (χ0) is 15.3. The molecule has 1 aromatic rings. The summed E-state index contributed by atoms with van der Waals surface area (Å²) in [5.74, 6) is -0.466. The van der Waals surface area contributed by atoms with Gasteiger partial charge in [-0.15, -0.1) is 0 Å². The summed E-state index contributed by atoms with van der Waals surface area (Å²) in [6, 6.07) is 7.83. The minimum Gasteiger partial charge on any atom is -0.324 e. The zero-order valence-electron chi connectivity index (χ0n) is 12.5. The molecule has 0 amide bonds. The number of hydrogen-bond acceptors (Lipinski definition) is 3. The first kappa shape index (κ1) is 17.4. The molecule has 0 aliphatic heterocycles. The molecule has 1 N–H and O–H groups in total. The van der Waals surface area contributed by atoms with Gasteiger partial charge in [-0.05, 0) is 12.5 Å². The van der Waals surface area contributed by atoms with Crippen LogP contribution < -0.4 is 4.90 Å². The lowest BCUT2D eigenvalue weighted by atomic mass is 10.1. The van der Waals surface area contributed by atoms with Crippen LogP contribution in [0.1, 0.15) is 11.1 Å². The van der Waals surface area contributed by atoms with Crippen molar-refractivity contribution in [1.82, 2.24) is 0 Å². The number of halogens is 1. The smallest absolute Gasteiger partial charge is 0.324 e. The highest BCUT2D eigenvalue weighted by atomic mass is 35.5. The highest BCUT2D eigenvalue weighted by molar-refractivity contribution is 7.54. The predicted octanol–water partition coefficient (Wildman–Crippen LogP) is 2.53. The summed E-state index contributed by atoms with van der Waals surface area (Å²) in [5, 5.41) is 0.533. The van der Waals surface area contributed by atoms with Crippen molar-refractivity contribution in [2.45, 2.75) is 12.7 Å². The summed E-state index contributed by atoms with van der Waals surface area (Å²) in [6.07, 6.45) is 1.73. The van der Waals surface area contributed by atoms with Gasteiger partial charge in [-0.25, -0.2) is 0 Å². The van der Waals surface area contributed by atoms with Crippen LogP contribution in [0.4, 0.5) is 0 Å². The number of nitrogens with one attached hydrogen (secondary N) is 1. The van der Waals surface area contributed by atoms with Crippen molar-refractivity contribution in [1.29, 1.82) is 0 Å². The molecular weight excluding hydrogens is 297 g/mol. The van der Waals surface area contributed by atoms with E-state index >= 15 is 0 Å². The summed E-state index contributed by atoms with van der Waals surface area (Å²) < 4.78 is 22.7. The quantitative estimate of drug-likeness (QED) is 0.819. The normalized spacial score (nSPS) is 14.7. The first-order valence-corrected chi connectivity index (χ1v) is 8.28. The summed E-state index contributed by atoms with van der Waals surface area (Å²) in [4.78, 5) is 0.919. The van der Waals surface area contributed by atoms with Gasteiger partial charge in [0.15, 0.2) is 0 Å². The van der Waals surface area contributed by atoms with E-state index in [0.29, 0.717) is 5.03 Å². The Morgan fingerprint density at radius 3 is 2.15 bits per heavy atom. The Hall–Kier alpha value is -0.640. The van der Waals surface area contributed by atoms with E-state index in [0.717, 1.165) is 16.0 Å². The first-order valence-electron chi connectivity index (χ1n) is 6.29. The van der Waals surface area contributed by atoms with Gasteiger partial charge in [0, 0.05) is 20.3 Å². The average Bonchev–Trinajstić information content (AvgIpc) is 2.44. The zero-order valence-corrected chi connectivity index (χ0v) is 14.2. The number of benzene rings is 1. The van der Waals surface area contributed by atoms with Crippen molar-refractivity contribution in [3.05, 3.63) is 41.5 Å². The molecule has 0 saturated carbocycles. The van der Waals surface area contributed by atoms with Crippen LogP contribution in [-0.2, 0) is 13.6 Å². The molecular formula is C14H22ClNO3P+. The highest BCUT2D eigenvalue weighted by Crippen LogP contribution is 2.50. The van der Waals surface area contributed by atoms with Gasteiger partial charge in [0.05, 0.1) is 19.1 Å². The van der Waals surface area contributed by atoms with Gasteiger partial charge in [-0.1, -0.05) is 41.4 Å². The molecule has 0 radical (unpaired) electrons. The van der Waals surface area contributed by atoms with Crippen LogP contribution in [0.15, 0.2) is 30.3 Å². The molecule has 1 atom stereocenters. The Morgan fingerprint density at radius 2 is 1.75 bits per heavy atom. The van der Waals surface area contributed by atoms with E-state index in [2.05, 4.69) is 0 Å². The molecule has 1 rings (SSSR count). The van der Waals surface area contributed by atoms with Crippen LogP contribution in [-0.4, -0.2) is 34.1 Å². The fraction of sp³-hybridized carbons (Fsp3) is 0.429. The van der Waals surface area contributed by atoms with Crippen LogP contribution >= 0.6 is 19.2 Å². The van der Waals surface area contributed by atoms with Gasteiger partial charge in [0.1, 0.15) is 0 Å². The fourth-order valence-electron chi connectivity index (χ4n) is 1.82. The van der Waals surface area contributed by atoms with Gasteiger partial charge in [-0.2, -0.15) is 0 Å². The lowest BCUT2D eigenvalue weighted by Gasteiger charge is -2.24. The van der Waals surface area contributed by atoms with Gasteiger partial charge in [-0.3, -0.25) is 4.57 Å². The maximum atomic E-state index is 12.5. The minimum absolute atomic E-state index is 0.466. The second-order valence-corrected chi connectivity index (χ2v) is 7.58. The molecule has 20 heavy (non-hydrogen) atoms. The molecule has 0 heterocycles. The SMILES string of the molecule is COP(=O)(OC)C(C=C(Cl)c1ccc(C)cc1)[NH+](C)C. The van der Waals surface area contributed by atoms with Crippen molar-refractivity contribution in [3.8, 4) is 0 Å². The molecule has 0 aromatic heterocycles. The Bertz CT molecular complexity index is 506. The molecule has 0 saturated heterocycles. The van der Waals surface area contributed by atoms with E-state index in [1.54, 1.807) is 6.08 Å². The lowest BCUT2D eigenvalue weighted by molar-refractivity contribution is -0.865. The van der Waals surface area contributed by atoms with Crippen LogP contribution in [0.25, 0.3) is 5.03 Å². The molecule has 0 bridgehead atoms. The first-order chi connectivity index (χ1) is 9.34. The number of likely N-dealkylation sites (N-methyl/N-ethyl adjacent to an activating group) is 1. The summed E-state index contributed by atoms with van der Waals surface area (Å²) in [6.45, 7) is 2.01. The van der Waals surface area contributed by atoms with E-state index in [9.17, 15) is 4.57 Å². The Labute approximate surface area is 125 Å². The second kappa shape index (κ2) is 7.39. The van der Waals surface area contributed by atoms with Crippen LogP contribution in [0, 0.1) is 6.92 Å². The molecule has 6 heteroatoms. The molecule has 0 aliphatic rings. The van der Waals surface area contributed by atoms with E-state index in [1.165, 1.54) is 14.2 Å². The minimum atomic E-state index is -3.23. The maximum absolute atomic E-state index is 12.5. The summed E-state index contributed by atoms with van der Waals surface area (Å²) in [5.41, 5.74) is 2.04. The van der Waals surface area contributed by atoms with Crippen LogP contribution in [0.3, 0.4) is 0 Å². The number of quaternary nitrogens is 1. The Morgan fingerprint density at radius 1 is 1.25 bits per heavy atom. The monoisotopic (exact) mass is 318 g/mol. The molecule has 112 valence electrons. The lowest BCUT2D eigenvalue weighted by Crippen LogP contribution is -3.09. The standard InChI is InChI=1S/C14H21ClNO3P/c1-11-6-8-12(9-7-11)13(15)10-14(16(2)3)20(17,18-4)19-5/h6-10,14H,1-5H3/p+1. The fourth-order valence-corrected chi connectivity index (χ4v) is 3.73. The van der Waals surface area contributed by atoms with Crippen molar-refractivity contribution < 1.29 is 18.5 Å². The number of rotatable bonds is 6. The van der Waals surface area contributed by atoms with Crippen LogP contribution in [0.2, 0.25) is 0 Å². The summed E-state index contributed by atoms with van der Waals surface area (Å²) >= 11 is 6.33. The summed E-state index contributed by atoms with van der Waals surface area (Å²) in [7, 11) is 3.30. The average molecular weight is 319 g/mol. The third-order valence-corrected chi connectivity index (χ3v) is 5.78. The van der Waals surface area contributed by atoms with E-state index in [1.807, 2.05) is 45.3 Å². The van der Waals surface area contributed by atoms with Crippen molar-refractivity contribution in [3.63, 3.8) is 0 Å². The number of aryl methyl sites for hydroxylation is 1. The second-order valence-electron chi connectivity index (χ2n) is 4.81. The molecule has 1 unspecified atom stereocenters. The van der Waals surface area contributed by atoms with E-state index < -0.39 is 13.4 Å². The molecule has 0 fully saturated rings. The van der Waals surface area contributed by atoms with Gasteiger partial charge < -0.3 is 13.9 Å². The molecule has 0 spiro atoms. The topological polar surface area (TPSA) is 40.0 Å². The molecule has 0 aliphatic carbocycles.